The summed E-state index contributed by atoms with van der Waals surface area (Å²) in [6, 6.07) is 0. The second-order valence-electron chi connectivity index (χ2n) is 3.11. The first-order valence-corrected chi connectivity index (χ1v) is 3.91. The van der Waals surface area contributed by atoms with Gasteiger partial charge >= 0.3 is 0 Å². The molecule has 54 valence electrons. The van der Waals surface area contributed by atoms with Crippen molar-refractivity contribution in [1.29, 1.82) is 0 Å². The Hall–Kier alpha value is -0.0400. The Kier molecular flexibility index (Phi) is 2.12. The van der Waals surface area contributed by atoms with Gasteiger partial charge < -0.3 is 4.74 Å². The molecule has 0 aromatic carbocycles. The van der Waals surface area contributed by atoms with E-state index < -0.39 is 0 Å². The molecule has 0 aliphatic carbocycles. The van der Waals surface area contributed by atoms with Crippen molar-refractivity contribution in [2.75, 3.05) is 6.61 Å². The molecule has 1 heterocycles. The Morgan fingerprint density at radius 3 is 2.56 bits per heavy atom. The zero-order chi connectivity index (χ0) is 6.74. The van der Waals surface area contributed by atoms with Gasteiger partial charge in [0.15, 0.2) is 0 Å². The van der Waals surface area contributed by atoms with Crippen molar-refractivity contribution < 1.29 is 4.74 Å². The first-order chi connectivity index (χ1) is 4.27. The van der Waals surface area contributed by atoms with E-state index in [-0.39, 0.29) is 5.60 Å². The molecule has 1 heteroatoms. The maximum atomic E-state index is 5.61. The van der Waals surface area contributed by atoms with Gasteiger partial charge in [-0.3, -0.25) is 0 Å². The summed E-state index contributed by atoms with van der Waals surface area (Å²) < 4.78 is 5.61. The van der Waals surface area contributed by atoms with E-state index in [9.17, 15) is 0 Å². The van der Waals surface area contributed by atoms with Crippen LogP contribution in [0.25, 0.3) is 0 Å². The quantitative estimate of drug-likeness (QED) is 0.526. The average Bonchev–Trinajstić information content (AvgIpc) is 1.90. The Balaban J connectivity index is 2.37. The molecule has 9 heavy (non-hydrogen) atoms. The van der Waals surface area contributed by atoms with Crippen LogP contribution in [0, 0.1) is 0 Å². The molecule has 0 radical (unpaired) electrons. The van der Waals surface area contributed by atoms with E-state index in [1.807, 2.05) is 0 Å². The minimum Gasteiger partial charge on any atom is -0.375 e. The lowest BCUT2D eigenvalue weighted by Gasteiger charge is -2.32. The molecular weight excluding hydrogens is 112 g/mol. The van der Waals surface area contributed by atoms with Gasteiger partial charge in [-0.2, -0.15) is 0 Å². The molecule has 0 spiro atoms. The number of ether oxygens (including phenoxy) is 1. The van der Waals surface area contributed by atoms with Crippen molar-refractivity contribution in [3.8, 4) is 0 Å². The van der Waals surface area contributed by atoms with Crippen LogP contribution in [0.2, 0.25) is 0 Å². The van der Waals surface area contributed by atoms with Crippen LogP contribution in [-0.4, -0.2) is 12.2 Å². The largest absolute Gasteiger partial charge is 0.375 e. The Morgan fingerprint density at radius 1 is 1.44 bits per heavy atom. The van der Waals surface area contributed by atoms with Crippen molar-refractivity contribution in [3.63, 3.8) is 0 Å². The lowest BCUT2D eigenvalue weighted by molar-refractivity contribution is -0.0669. The molecular formula is C8H16O. The standard InChI is InChI=1S/C8H16O/c1-3-8(2)6-4-5-7-9-8/h3-7H2,1-2H3. The van der Waals surface area contributed by atoms with Gasteiger partial charge in [-0.05, 0) is 32.6 Å². The fourth-order valence-electron chi connectivity index (χ4n) is 1.27. The highest BCUT2D eigenvalue weighted by Gasteiger charge is 2.24. The highest BCUT2D eigenvalue weighted by atomic mass is 16.5. The fraction of sp³-hybridized carbons (Fsp3) is 1.00. The molecule has 1 rings (SSSR count). The minimum absolute atomic E-state index is 0.220. The highest BCUT2D eigenvalue weighted by molar-refractivity contribution is 4.75. The summed E-state index contributed by atoms with van der Waals surface area (Å²) in [5, 5.41) is 0. The second kappa shape index (κ2) is 2.70. The van der Waals surface area contributed by atoms with E-state index in [0.717, 1.165) is 13.0 Å². The van der Waals surface area contributed by atoms with Crippen molar-refractivity contribution in [2.45, 2.75) is 45.1 Å². The van der Waals surface area contributed by atoms with E-state index in [0.29, 0.717) is 0 Å². The molecule has 1 aliphatic heterocycles. The van der Waals surface area contributed by atoms with Crippen LogP contribution in [0.5, 0.6) is 0 Å². The summed E-state index contributed by atoms with van der Waals surface area (Å²) in [5.74, 6) is 0. The third-order valence-electron chi connectivity index (χ3n) is 2.30. The van der Waals surface area contributed by atoms with Gasteiger partial charge in [0.25, 0.3) is 0 Å². The van der Waals surface area contributed by atoms with Crippen LogP contribution in [0.1, 0.15) is 39.5 Å². The molecule has 0 aromatic heterocycles. The van der Waals surface area contributed by atoms with Crippen molar-refractivity contribution in [3.05, 3.63) is 0 Å². The van der Waals surface area contributed by atoms with Crippen LogP contribution < -0.4 is 0 Å². The predicted molar refractivity (Wildman–Crippen MR) is 38.5 cm³/mol. The zero-order valence-corrected chi connectivity index (χ0v) is 6.44. The van der Waals surface area contributed by atoms with Gasteiger partial charge in [-0.1, -0.05) is 6.92 Å². The zero-order valence-electron chi connectivity index (χ0n) is 6.44. The van der Waals surface area contributed by atoms with Gasteiger partial charge in [-0.25, -0.2) is 0 Å². The van der Waals surface area contributed by atoms with Gasteiger partial charge in [0, 0.05) is 6.61 Å². The summed E-state index contributed by atoms with van der Waals surface area (Å²) in [6.45, 7) is 5.39. The smallest absolute Gasteiger partial charge is 0.0652 e. The normalized spacial score (nSPS) is 36.7. The highest BCUT2D eigenvalue weighted by Crippen LogP contribution is 2.26. The van der Waals surface area contributed by atoms with E-state index in [1.54, 1.807) is 0 Å². The molecule has 0 saturated carbocycles. The SMILES string of the molecule is CCC1(C)CCCCO1. The molecule has 0 bridgehead atoms. The van der Waals surface area contributed by atoms with E-state index in [2.05, 4.69) is 13.8 Å². The molecule has 1 nitrogen and oxygen atoms in total. The summed E-state index contributed by atoms with van der Waals surface area (Å²) in [6.07, 6.45) is 5.02. The van der Waals surface area contributed by atoms with Crippen molar-refractivity contribution in [2.24, 2.45) is 0 Å². The molecule has 1 fully saturated rings. The maximum Gasteiger partial charge on any atom is 0.0652 e. The van der Waals surface area contributed by atoms with Gasteiger partial charge in [0.2, 0.25) is 0 Å². The summed E-state index contributed by atoms with van der Waals surface area (Å²) in [5.41, 5.74) is 0.220. The first kappa shape index (κ1) is 7.07. The second-order valence-corrected chi connectivity index (χ2v) is 3.11. The van der Waals surface area contributed by atoms with Crippen molar-refractivity contribution in [1.82, 2.24) is 0 Å². The van der Waals surface area contributed by atoms with Gasteiger partial charge in [0.1, 0.15) is 0 Å². The molecule has 1 aliphatic rings. The average molecular weight is 128 g/mol. The third-order valence-corrected chi connectivity index (χ3v) is 2.30. The lowest BCUT2D eigenvalue weighted by atomic mass is 9.94. The Bertz CT molecular complexity index is 82.6. The topological polar surface area (TPSA) is 9.23 Å². The first-order valence-electron chi connectivity index (χ1n) is 3.91. The van der Waals surface area contributed by atoms with E-state index in [4.69, 9.17) is 4.74 Å². The minimum atomic E-state index is 0.220. The molecule has 0 aromatic rings. The molecule has 1 unspecified atom stereocenters. The number of rotatable bonds is 1. The third kappa shape index (κ3) is 1.68. The summed E-state index contributed by atoms with van der Waals surface area (Å²) in [7, 11) is 0. The molecule has 0 N–H and O–H groups in total. The van der Waals surface area contributed by atoms with E-state index in [1.165, 1.54) is 19.3 Å². The molecule has 0 amide bonds. The van der Waals surface area contributed by atoms with Crippen LogP contribution in [0.3, 0.4) is 0 Å². The summed E-state index contributed by atoms with van der Waals surface area (Å²) in [4.78, 5) is 0. The Labute approximate surface area is 57.4 Å². The number of hydrogen-bond donors (Lipinski definition) is 0. The summed E-state index contributed by atoms with van der Waals surface area (Å²) >= 11 is 0. The van der Waals surface area contributed by atoms with Gasteiger partial charge in [0.05, 0.1) is 5.60 Å². The lowest BCUT2D eigenvalue weighted by Crippen LogP contribution is -2.31. The van der Waals surface area contributed by atoms with Crippen LogP contribution >= 0.6 is 0 Å². The maximum absolute atomic E-state index is 5.61. The van der Waals surface area contributed by atoms with Crippen LogP contribution in [0.4, 0.5) is 0 Å². The number of hydrogen-bond acceptors (Lipinski definition) is 1. The molecule has 1 atom stereocenters. The van der Waals surface area contributed by atoms with E-state index >= 15 is 0 Å². The monoisotopic (exact) mass is 128 g/mol. The van der Waals surface area contributed by atoms with Gasteiger partial charge in [-0.15, -0.1) is 0 Å². The fourth-order valence-corrected chi connectivity index (χ4v) is 1.27. The van der Waals surface area contributed by atoms with Crippen molar-refractivity contribution >= 4 is 0 Å². The van der Waals surface area contributed by atoms with Crippen LogP contribution in [-0.2, 0) is 4.74 Å². The Morgan fingerprint density at radius 2 is 2.22 bits per heavy atom. The molecule has 1 saturated heterocycles. The predicted octanol–water partition coefficient (Wildman–Crippen LogP) is 2.36. The van der Waals surface area contributed by atoms with Crippen LogP contribution in [0.15, 0.2) is 0 Å².